The van der Waals surface area contributed by atoms with Gasteiger partial charge in [-0.05, 0) is 55.0 Å². The number of amides is 1. The number of nitrogens with zero attached hydrogens (tertiary/aromatic N) is 1. The van der Waals surface area contributed by atoms with Gasteiger partial charge >= 0.3 is 0 Å². The molecule has 0 heterocycles. The second kappa shape index (κ2) is 9.03. The van der Waals surface area contributed by atoms with Crippen molar-refractivity contribution in [2.75, 3.05) is 19.0 Å². The summed E-state index contributed by atoms with van der Waals surface area (Å²) in [5, 5.41) is 16.9. The van der Waals surface area contributed by atoms with E-state index in [1.54, 1.807) is 18.2 Å². The summed E-state index contributed by atoms with van der Waals surface area (Å²) in [5.41, 5.74) is 0.765. The van der Waals surface area contributed by atoms with Gasteiger partial charge in [0.25, 0.3) is 5.91 Å². The highest BCUT2D eigenvalue weighted by atomic mass is 32.2. The molecule has 0 spiro atoms. The lowest BCUT2D eigenvalue weighted by molar-refractivity contribution is -0.112. The first-order valence-electron chi connectivity index (χ1n) is 8.15. The van der Waals surface area contributed by atoms with Gasteiger partial charge in [-0.15, -0.1) is 0 Å². The summed E-state index contributed by atoms with van der Waals surface area (Å²) in [7, 11) is -2.33. The van der Waals surface area contributed by atoms with Crippen LogP contribution >= 0.6 is 0 Å². The molecule has 2 aromatic carbocycles. The number of rotatable bonds is 7. The molecular weight excluding hydrogens is 382 g/mol. The number of benzene rings is 2. The molecule has 8 nitrogen and oxygen atoms in total. The Hall–Kier alpha value is -3.35. The van der Waals surface area contributed by atoms with Gasteiger partial charge in [-0.2, -0.15) is 5.26 Å². The van der Waals surface area contributed by atoms with Crippen LogP contribution in [0.5, 0.6) is 11.5 Å². The number of carbonyl (C=O) groups is 1. The number of nitrogens with two attached hydrogens (primary N) is 1. The number of sulfonamides is 1. The van der Waals surface area contributed by atoms with E-state index in [2.05, 4.69) is 5.32 Å². The highest BCUT2D eigenvalue weighted by molar-refractivity contribution is 7.89. The predicted molar refractivity (Wildman–Crippen MR) is 104 cm³/mol. The van der Waals surface area contributed by atoms with Gasteiger partial charge in [0.05, 0.1) is 18.6 Å². The van der Waals surface area contributed by atoms with Crippen molar-refractivity contribution >= 4 is 27.7 Å². The molecule has 3 N–H and O–H groups in total. The third kappa shape index (κ3) is 5.33. The van der Waals surface area contributed by atoms with Crippen LogP contribution in [-0.4, -0.2) is 28.0 Å². The number of hydrogen-bond donors (Lipinski definition) is 2. The summed E-state index contributed by atoms with van der Waals surface area (Å²) in [6, 6.07) is 12.2. The number of anilines is 1. The SMILES string of the molecule is CCOc1ccc(/C=C(\C#N)C(=O)Nc2ccc(S(N)(=O)=O)cc2)cc1OC. The number of primary sulfonamides is 1. The molecule has 0 aliphatic carbocycles. The molecule has 0 fully saturated rings. The van der Waals surface area contributed by atoms with Crippen LogP contribution in [0.1, 0.15) is 12.5 Å². The summed E-state index contributed by atoms with van der Waals surface area (Å²) in [6.07, 6.45) is 1.41. The number of hydrogen-bond acceptors (Lipinski definition) is 6. The summed E-state index contributed by atoms with van der Waals surface area (Å²) in [5.74, 6) is 0.394. The van der Waals surface area contributed by atoms with Crippen molar-refractivity contribution in [1.29, 1.82) is 5.26 Å². The van der Waals surface area contributed by atoms with Crippen molar-refractivity contribution in [2.24, 2.45) is 5.14 Å². The van der Waals surface area contributed by atoms with E-state index in [4.69, 9.17) is 14.6 Å². The first-order valence-corrected chi connectivity index (χ1v) is 9.70. The predicted octanol–water partition coefficient (Wildman–Crippen LogP) is 2.29. The van der Waals surface area contributed by atoms with Crippen molar-refractivity contribution in [3.8, 4) is 17.6 Å². The third-order valence-electron chi connectivity index (χ3n) is 3.60. The van der Waals surface area contributed by atoms with Crippen LogP contribution in [0.15, 0.2) is 52.9 Å². The average Bonchev–Trinajstić information content (AvgIpc) is 2.66. The fourth-order valence-electron chi connectivity index (χ4n) is 2.29. The molecule has 0 aliphatic rings. The molecule has 0 radical (unpaired) electrons. The zero-order valence-corrected chi connectivity index (χ0v) is 16.1. The Balaban J connectivity index is 2.22. The molecule has 146 valence electrons. The molecule has 0 unspecified atom stereocenters. The van der Waals surface area contributed by atoms with Crippen molar-refractivity contribution in [1.82, 2.24) is 0 Å². The van der Waals surface area contributed by atoms with Crippen LogP contribution in [0.4, 0.5) is 5.69 Å². The Morgan fingerprint density at radius 1 is 1.21 bits per heavy atom. The maximum Gasteiger partial charge on any atom is 0.266 e. The largest absolute Gasteiger partial charge is 0.493 e. The second-order valence-corrected chi connectivity index (χ2v) is 7.10. The third-order valence-corrected chi connectivity index (χ3v) is 4.53. The Bertz CT molecular complexity index is 1040. The highest BCUT2D eigenvalue weighted by Crippen LogP contribution is 2.29. The van der Waals surface area contributed by atoms with E-state index in [0.717, 1.165) is 0 Å². The molecule has 1 amide bonds. The lowest BCUT2D eigenvalue weighted by Crippen LogP contribution is -2.14. The smallest absolute Gasteiger partial charge is 0.266 e. The van der Waals surface area contributed by atoms with Crippen LogP contribution in [0.3, 0.4) is 0 Å². The first-order chi connectivity index (χ1) is 13.3. The zero-order valence-electron chi connectivity index (χ0n) is 15.3. The lowest BCUT2D eigenvalue weighted by Gasteiger charge is -2.10. The second-order valence-electron chi connectivity index (χ2n) is 5.54. The molecule has 0 atom stereocenters. The molecule has 2 aromatic rings. The quantitative estimate of drug-likeness (QED) is 0.540. The Labute approximate surface area is 163 Å². The van der Waals surface area contributed by atoms with Crippen molar-refractivity contribution < 1.29 is 22.7 Å². The summed E-state index contributed by atoms with van der Waals surface area (Å²) in [6.45, 7) is 2.32. The van der Waals surface area contributed by atoms with E-state index < -0.39 is 15.9 Å². The fourth-order valence-corrected chi connectivity index (χ4v) is 2.81. The Kier molecular flexibility index (Phi) is 6.76. The fraction of sp³-hybridized carbons (Fsp3) is 0.158. The van der Waals surface area contributed by atoms with Gasteiger partial charge in [-0.25, -0.2) is 13.6 Å². The molecule has 28 heavy (non-hydrogen) atoms. The molecule has 0 saturated carbocycles. The van der Waals surface area contributed by atoms with E-state index in [1.807, 2.05) is 13.0 Å². The van der Waals surface area contributed by atoms with Crippen molar-refractivity contribution in [2.45, 2.75) is 11.8 Å². The number of ether oxygens (including phenoxy) is 2. The summed E-state index contributed by atoms with van der Waals surface area (Å²) in [4.78, 5) is 12.3. The van der Waals surface area contributed by atoms with E-state index in [1.165, 1.54) is 37.5 Å². The van der Waals surface area contributed by atoms with E-state index in [9.17, 15) is 18.5 Å². The van der Waals surface area contributed by atoms with Crippen molar-refractivity contribution in [3.63, 3.8) is 0 Å². The van der Waals surface area contributed by atoms with Gasteiger partial charge in [0.2, 0.25) is 10.0 Å². The minimum Gasteiger partial charge on any atom is -0.493 e. The molecular formula is C19H19N3O5S. The van der Waals surface area contributed by atoms with Gasteiger partial charge in [-0.1, -0.05) is 6.07 Å². The Morgan fingerprint density at radius 3 is 2.43 bits per heavy atom. The van der Waals surface area contributed by atoms with Crippen LogP contribution < -0.4 is 19.9 Å². The lowest BCUT2D eigenvalue weighted by atomic mass is 10.1. The molecule has 0 bridgehead atoms. The first kappa shape index (κ1) is 21.0. The topological polar surface area (TPSA) is 132 Å². The monoisotopic (exact) mass is 401 g/mol. The minimum atomic E-state index is -3.82. The molecule has 0 aliphatic heterocycles. The summed E-state index contributed by atoms with van der Waals surface area (Å²) < 4.78 is 33.2. The zero-order chi connectivity index (χ0) is 20.7. The molecule has 0 aromatic heterocycles. The number of methoxy groups -OCH3 is 1. The van der Waals surface area contributed by atoms with Crippen molar-refractivity contribution in [3.05, 3.63) is 53.6 Å². The summed E-state index contributed by atoms with van der Waals surface area (Å²) >= 11 is 0. The molecule has 0 saturated heterocycles. The Morgan fingerprint density at radius 2 is 1.89 bits per heavy atom. The average molecular weight is 401 g/mol. The van der Waals surface area contributed by atoms with Crippen LogP contribution in [0, 0.1) is 11.3 Å². The number of nitriles is 1. The van der Waals surface area contributed by atoms with Gasteiger partial charge in [-0.3, -0.25) is 4.79 Å². The maximum absolute atomic E-state index is 12.4. The van der Waals surface area contributed by atoms with Gasteiger partial charge in [0, 0.05) is 5.69 Å². The normalized spacial score (nSPS) is 11.4. The minimum absolute atomic E-state index is 0.0805. The van der Waals surface area contributed by atoms with Gasteiger partial charge in [0.15, 0.2) is 11.5 Å². The standard InChI is InChI=1S/C19H19N3O5S/c1-3-27-17-9-4-13(11-18(17)26-2)10-14(12-20)19(23)22-15-5-7-16(8-6-15)28(21,24)25/h4-11H,3H2,1-2H3,(H,22,23)(H2,21,24,25)/b14-10+. The van der Waals surface area contributed by atoms with Gasteiger partial charge < -0.3 is 14.8 Å². The number of nitrogens with one attached hydrogen (secondary N) is 1. The molecule has 2 rings (SSSR count). The van der Waals surface area contributed by atoms with E-state index in [-0.39, 0.29) is 10.5 Å². The van der Waals surface area contributed by atoms with Crippen LogP contribution in [0.25, 0.3) is 6.08 Å². The van der Waals surface area contributed by atoms with E-state index >= 15 is 0 Å². The molecule has 9 heteroatoms. The van der Waals surface area contributed by atoms with E-state index in [0.29, 0.717) is 29.4 Å². The maximum atomic E-state index is 12.4. The van der Waals surface area contributed by atoms with Crippen LogP contribution in [0.2, 0.25) is 0 Å². The van der Waals surface area contributed by atoms with Crippen LogP contribution in [-0.2, 0) is 14.8 Å². The highest BCUT2D eigenvalue weighted by Gasteiger charge is 2.12. The van der Waals surface area contributed by atoms with Gasteiger partial charge in [0.1, 0.15) is 11.6 Å². The number of carbonyl (C=O) groups excluding carboxylic acids is 1.